The van der Waals surface area contributed by atoms with Crippen molar-refractivity contribution in [2.45, 2.75) is 6.92 Å². The molecule has 0 aliphatic heterocycles. The van der Waals surface area contributed by atoms with Crippen LogP contribution in [-0.4, -0.2) is 6.47 Å². The number of hydrogen-bond acceptors (Lipinski definition) is 2. The first-order chi connectivity index (χ1) is 4.85. The lowest BCUT2D eigenvalue weighted by Gasteiger charge is -1.92. The van der Waals surface area contributed by atoms with Crippen molar-refractivity contribution in [3.8, 4) is 0 Å². The molecule has 54 valence electrons. The summed E-state index contributed by atoms with van der Waals surface area (Å²) in [4.78, 5) is 9.80. The fraction of sp³-hybridized carbons (Fsp3) is 0.125. The highest BCUT2D eigenvalue weighted by Gasteiger charge is 1.84. The van der Waals surface area contributed by atoms with Gasteiger partial charge < -0.3 is 4.74 Å². The van der Waals surface area contributed by atoms with Gasteiger partial charge in [-0.25, -0.2) is 0 Å². The quantitative estimate of drug-likeness (QED) is 0.336. The van der Waals surface area contributed by atoms with E-state index >= 15 is 0 Å². The third-order valence-electron chi connectivity index (χ3n) is 0.838. The second kappa shape index (κ2) is 5.82. The summed E-state index contributed by atoms with van der Waals surface area (Å²) in [6.07, 6.45) is 6.72. The van der Waals surface area contributed by atoms with Gasteiger partial charge in [0, 0.05) is 0 Å². The molecule has 0 aliphatic carbocycles. The van der Waals surface area contributed by atoms with Crippen LogP contribution in [0.4, 0.5) is 0 Å². The van der Waals surface area contributed by atoms with Crippen LogP contribution in [0.1, 0.15) is 6.92 Å². The summed E-state index contributed by atoms with van der Waals surface area (Å²) < 4.78 is 4.50. The lowest BCUT2D eigenvalue weighted by atomic mass is 10.4. The highest BCUT2D eigenvalue weighted by Crippen LogP contribution is 1.95. The van der Waals surface area contributed by atoms with E-state index in [0.717, 1.165) is 0 Å². The topological polar surface area (TPSA) is 26.3 Å². The van der Waals surface area contributed by atoms with Gasteiger partial charge in [0.1, 0.15) is 5.76 Å². The average molecular weight is 138 g/mol. The maximum atomic E-state index is 9.80. The molecular formula is C8H10O2. The second-order valence-electron chi connectivity index (χ2n) is 1.51. The molecule has 0 saturated heterocycles. The normalized spacial score (nSPS) is 11.5. The molecule has 0 aromatic rings. The third-order valence-corrected chi connectivity index (χ3v) is 0.838. The Kier molecular flexibility index (Phi) is 5.06. The van der Waals surface area contributed by atoms with E-state index < -0.39 is 0 Å². The van der Waals surface area contributed by atoms with E-state index in [2.05, 4.69) is 11.3 Å². The van der Waals surface area contributed by atoms with Crippen molar-refractivity contribution >= 4 is 6.47 Å². The van der Waals surface area contributed by atoms with Crippen LogP contribution in [0.15, 0.2) is 36.6 Å². The maximum Gasteiger partial charge on any atom is 0.298 e. The number of allylic oxidation sites excluding steroid dienone is 4. The van der Waals surface area contributed by atoms with E-state index in [9.17, 15) is 4.79 Å². The Morgan fingerprint density at radius 1 is 1.60 bits per heavy atom. The van der Waals surface area contributed by atoms with E-state index in [1.165, 1.54) is 6.08 Å². The molecule has 0 unspecified atom stereocenters. The van der Waals surface area contributed by atoms with Crippen LogP contribution in [0.3, 0.4) is 0 Å². The molecule has 0 rings (SSSR count). The number of rotatable bonds is 4. The predicted molar refractivity (Wildman–Crippen MR) is 40.2 cm³/mol. The van der Waals surface area contributed by atoms with Crippen molar-refractivity contribution in [3.63, 3.8) is 0 Å². The minimum absolute atomic E-state index is 0.372. The zero-order chi connectivity index (χ0) is 7.82. The standard InChI is InChI=1S/C8H10O2/c1-3-5-6-8(4-2)10-7-9/h3-7H,2H2,1H3/b5-3-,8-6+. The summed E-state index contributed by atoms with van der Waals surface area (Å²) in [6.45, 7) is 5.69. The molecule has 0 spiro atoms. The second-order valence-corrected chi connectivity index (χ2v) is 1.51. The highest BCUT2D eigenvalue weighted by molar-refractivity contribution is 5.41. The van der Waals surface area contributed by atoms with Gasteiger partial charge in [0.25, 0.3) is 6.47 Å². The molecule has 0 aliphatic rings. The van der Waals surface area contributed by atoms with Crippen LogP contribution in [0.25, 0.3) is 0 Å². The molecule has 0 atom stereocenters. The van der Waals surface area contributed by atoms with Gasteiger partial charge in [-0.05, 0) is 19.1 Å². The smallest absolute Gasteiger partial charge is 0.298 e. The highest BCUT2D eigenvalue weighted by atomic mass is 16.5. The lowest BCUT2D eigenvalue weighted by Crippen LogP contribution is -1.83. The van der Waals surface area contributed by atoms with Gasteiger partial charge in [-0.1, -0.05) is 18.7 Å². The summed E-state index contributed by atoms with van der Waals surface area (Å²) in [5, 5.41) is 0. The lowest BCUT2D eigenvalue weighted by molar-refractivity contribution is -0.124. The first-order valence-corrected chi connectivity index (χ1v) is 2.91. The molecule has 0 amide bonds. The molecular weight excluding hydrogens is 128 g/mol. The van der Waals surface area contributed by atoms with E-state index in [0.29, 0.717) is 12.2 Å². The van der Waals surface area contributed by atoms with Crippen LogP contribution < -0.4 is 0 Å². The van der Waals surface area contributed by atoms with Gasteiger partial charge >= 0.3 is 0 Å². The van der Waals surface area contributed by atoms with Gasteiger partial charge in [-0.15, -0.1) is 0 Å². The first kappa shape index (κ1) is 8.69. The fourth-order valence-electron chi connectivity index (χ4n) is 0.402. The Labute approximate surface area is 60.5 Å². The Morgan fingerprint density at radius 2 is 2.30 bits per heavy atom. The summed E-state index contributed by atoms with van der Waals surface area (Å²) in [5.74, 6) is 0.452. The third kappa shape index (κ3) is 3.66. The zero-order valence-electron chi connectivity index (χ0n) is 5.91. The summed E-state index contributed by atoms with van der Waals surface area (Å²) >= 11 is 0. The zero-order valence-corrected chi connectivity index (χ0v) is 5.91. The van der Waals surface area contributed by atoms with Crippen molar-refractivity contribution in [1.29, 1.82) is 0 Å². The molecule has 2 heteroatoms. The number of ether oxygens (including phenoxy) is 1. The monoisotopic (exact) mass is 138 g/mol. The molecule has 0 radical (unpaired) electrons. The van der Waals surface area contributed by atoms with Gasteiger partial charge in [-0.3, -0.25) is 4.79 Å². The number of hydrogen-bond donors (Lipinski definition) is 0. The van der Waals surface area contributed by atoms with Crippen molar-refractivity contribution in [1.82, 2.24) is 0 Å². The van der Waals surface area contributed by atoms with Gasteiger partial charge in [0.15, 0.2) is 0 Å². The molecule has 0 saturated carbocycles. The minimum atomic E-state index is 0.372. The van der Waals surface area contributed by atoms with E-state index in [1.807, 2.05) is 13.0 Å². The van der Waals surface area contributed by atoms with Crippen LogP contribution in [0, 0.1) is 0 Å². The van der Waals surface area contributed by atoms with E-state index in [4.69, 9.17) is 0 Å². The van der Waals surface area contributed by atoms with Crippen LogP contribution >= 0.6 is 0 Å². The van der Waals surface area contributed by atoms with Gasteiger partial charge in [0.05, 0.1) is 0 Å². The maximum absolute atomic E-state index is 9.80. The minimum Gasteiger partial charge on any atom is -0.429 e. The number of carbonyl (C=O) groups excluding carboxylic acids is 1. The van der Waals surface area contributed by atoms with Gasteiger partial charge in [0.2, 0.25) is 0 Å². The predicted octanol–water partition coefficient (Wildman–Crippen LogP) is 1.81. The molecule has 0 fully saturated rings. The molecule has 10 heavy (non-hydrogen) atoms. The molecule has 0 N–H and O–H groups in total. The Balaban J connectivity index is 4.02. The molecule has 0 bridgehead atoms. The summed E-state index contributed by atoms with van der Waals surface area (Å²) in [7, 11) is 0. The Morgan fingerprint density at radius 3 is 2.70 bits per heavy atom. The van der Waals surface area contributed by atoms with E-state index in [1.54, 1.807) is 12.2 Å². The van der Waals surface area contributed by atoms with Crippen molar-refractivity contribution in [2.75, 3.05) is 0 Å². The van der Waals surface area contributed by atoms with Crippen LogP contribution in [-0.2, 0) is 9.53 Å². The van der Waals surface area contributed by atoms with Crippen LogP contribution in [0.2, 0.25) is 0 Å². The summed E-state index contributed by atoms with van der Waals surface area (Å²) in [6, 6.07) is 0. The van der Waals surface area contributed by atoms with Crippen LogP contribution in [0.5, 0.6) is 0 Å². The fourth-order valence-corrected chi connectivity index (χ4v) is 0.402. The summed E-state index contributed by atoms with van der Waals surface area (Å²) in [5.41, 5.74) is 0. The van der Waals surface area contributed by atoms with Crippen molar-refractivity contribution in [2.24, 2.45) is 0 Å². The first-order valence-electron chi connectivity index (χ1n) is 2.91. The van der Waals surface area contributed by atoms with Gasteiger partial charge in [-0.2, -0.15) is 0 Å². The van der Waals surface area contributed by atoms with Crippen molar-refractivity contribution in [3.05, 3.63) is 36.6 Å². The molecule has 0 aromatic heterocycles. The Bertz CT molecular complexity index is 166. The number of carbonyl (C=O) groups is 1. The molecule has 2 nitrogen and oxygen atoms in total. The van der Waals surface area contributed by atoms with E-state index in [-0.39, 0.29) is 0 Å². The molecule has 0 aromatic carbocycles. The molecule has 0 heterocycles. The Hall–Kier alpha value is -1.31. The largest absolute Gasteiger partial charge is 0.429 e. The van der Waals surface area contributed by atoms with Crippen molar-refractivity contribution < 1.29 is 9.53 Å². The SMILES string of the molecule is C=C/C(=C\C=C/C)OC=O. The average Bonchev–Trinajstić information content (AvgIpc) is 1.98.